The van der Waals surface area contributed by atoms with Crippen molar-refractivity contribution < 1.29 is 14.2 Å². The lowest BCUT2D eigenvalue weighted by Crippen LogP contribution is -2.36. The number of fused-ring (bicyclic) bond motifs is 1. The molecule has 0 radical (unpaired) electrons. The normalized spacial score (nSPS) is 23.0. The number of piperidine rings is 1. The van der Waals surface area contributed by atoms with Gasteiger partial charge in [0.15, 0.2) is 0 Å². The molecular formula is C29H40N6O3. The van der Waals surface area contributed by atoms with Crippen molar-refractivity contribution in [3.63, 3.8) is 0 Å². The van der Waals surface area contributed by atoms with Crippen molar-refractivity contribution >= 4 is 16.7 Å². The highest BCUT2D eigenvalue weighted by molar-refractivity contribution is 5.87. The van der Waals surface area contributed by atoms with Crippen molar-refractivity contribution in [1.82, 2.24) is 24.6 Å². The first-order chi connectivity index (χ1) is 18.7. The Labute approximate surface area is 225 Å². The molecule has 9 heteroatoms. The molecule has 38 heavy (non-hydrogen) atoms. The van der Waals surface area contributed by atoms with Crippen LogP contribution in [0.3, 0.4) is 0 Å². The summed E-state index contributed by atoms with van der Waals surface area (Å²) in [6.07, 6.45) is 14.3. The van der Waals surface area contributed by atoms with Gasteiger partial charge in [0.05, 0.1) is 36.5 Å². The molecule has 0 bridgehead atoms. The number of likely N-dealkylation sites (tertiary alicyclic amines) is 1. The highest BCUT2D eigenvalue weighted by atomic mass is 16.5. The molecule has 0 amide bonds. The number of aryl methyl sites for hydroxylation is 1. The van der Waals surface area contributed by atoms with Gasteiger partial charge in [0.2, 0.25) is 5.88 Å². The molecular weight excluding hydrogens is 480 g/mol. The zero-order chi connectivity index (χ0) is 25.7. The minimum Gasteiger partial charge on any atom is -0.491 e. The van der Waals surface area contributed by atoms with Crippen LogP contribution in [0.5, 0.6) is 11.6 Å². The van der Waals surface area contributed by atoms with Crippen LogP contribution in [0.2, 0.25) is 0 Å². The molecule has 0 atom stereocenters. The van der Waals surface area contributed by atoms with Crippen molar-refractivity contribution in [2.75, 3.05) is 57.4 Å². The second kappa shape index (κ2) is 11.9. The number of aromatic nitrogens is 4. The van der Waals surface area contributed by atoms with Crippen LogP contribution in [-0.2, 0) is 11.8 Å². The smallest absolute Gasteiger partial charge is 0.225 e. The van der Waals surface area contributed by atoms with Gasteiger partial charge in [0.25, 0.3) is 0 Å². The Kier molecular flexibility index (Phi) is 7.92. The first-order valence-corrected chi connectivity index (χ1v) is 14.3. The molecule has 0 unspecified atom stereocenters. The third-order valence-corrected chi connectivity index (χ3v) is 8.21. The summed E-state index contributed by atoms with van der Waals surface area (Å²) in [7, 11) is 1.98. The number of pyridine rings is 2. The van der Waals surface area contributed by atoms with Crippen LogP contribution in [0, 0.1) is 0 Å². The summed E-state index contributed by atoms with van der Waals surface area (Å²) < 4.78 is 20.3. The molecule has 1 aliphatic carbocycles. The van der Waals surface area contributed by atoms with Gasteiger partial charge in [-0.2, -0.15) is 10.1 Å². The number of anilines is 1. The van der Waals surface area contributed by atoms with Crippen LogP contribution >= 0.6 is 0 Å². The van der Waals surface area contributed by atoms with Crippen molar-refractivity contribution in [2.24, 2.45) is 7.05 Å². The monoisotopic (exact) mass is 520 g/mol. The lowest BCUT2D eigenvalue weighted by molar-refractivity contribution is 0.122. The minimum absolute atomic E-state index is 0.141. The molecule has 3 aliphatic rings. The standard InChI is InChI=1S/C29H40N6O3/c1-33-21-23(19-31-33)22-5-7-24(8-6-22)38-29-26-17-25(37-16-11-34-9-3-2-4-10-34)20-30-27(26)18-28(32-29)35-12-14-36-15-13-35/h17-22,24H,2-16H2,1H3. The third kappa shape index (κ3) is 6.04. The van der Waals surface area contributed by atoms with E-state index in [4.69, 9.17) is 24.2 Å². The third-order valence-electron chi connectivity index (χ3n) is 8.21. The lowest BCUT2D eigenvalue weighted by Gasteiger charge is -2.30. The Hall–Kier alpha value is -2.91. The molecule has 3 aromatic rings. The van der Waals surface area contributed by atoms with E-state index >= 15 is 0 Å². The van der Waals surface area contributed by atoms with E-state index in [1.807, 2.05) is 24.1 Å². The van der Waals surface area contributed by atoms with Gasteiger partial charge in [0, 0.05) is 38.9 Å². The summed E-state index contributed by atoms with van der Waals surface area (Å²) in [6, 6.07) is 4.13. The van der Waals surface area contributed by atoms with Crippen molar-refractivity contribution in [1.29, 1.82) is 0 Å². The van der Waals surface area contributed by atoms with Gasteiger partial charge in [0.1, 0.15) is 24.3 Å². The van der Waals surface area contributed by atoms with Crippen molar-refractivity contribution in [3.8, 4) is 11.6 Å². The Bertz CT molecular complexity index is 1200. The molecule has 204 valence electrons. The molecule has 0 aromatic carbocycles. The summed E-state index contributed by atoms with van der Waals surface area (Å²) in [5, 5.41) is 5.29. The van der Waals surface area contributed by atoms with Crippen LogP contribution in [0.15, 0.2) is 30.7 Å². The fourth-order valence-corrected chi connectivity index (χ4v) is 5.98. The maximum atomic E-state index is 6.65. The fraction of sp³-hybridized carbons (Fsp3) is 0.621. The van der Waals surface area contributed by atoms with E-state index < -0.39 is 0 Å². The van der Waals surface area contributed by atoms with E-state index in [0.717, 1.165) is 67.8 Å². The summed E-state index contributed by atoms with van der Waals surface area (Å²) in [5.41, 5.74) is 2.23. The van der Waals surface area contributed by atoms with Crippen LogP contribution in [0.4, 0.5) is 5.82 Å². The van der Waals surface area contributed by atoms with Crippen LogP contribution in [0.1, 0.15) is 56.4 Å². The molecule has 0 N–H and O–H groups in total. The fourth-order valence-electron chi connectivity index (χ4n) is 5.98. The van der Waals surface area contributed by atoms with Gasteiger partial charge in [-0.3, -0.25) is 14.6 Å². The largest absolute Gasteiger partial charge is 0.491 e. The molecule has 1 saturated carbocycles. The Morgan fingerprint density at radius 3 is 2.55 bits per heavy atom. The molecule has 2 saturated heterocycles. The number of nitrogens with zero attached hydrogens (tertiary/aromatic N) is 6. The predicted octanol–water partition coefficient (Wildman–Crippen LogP) is 4.17. The number of hydrogen-bond acceptors (Lipinski definition) is 8. The van der Waals surface area contributed by atoms with Gasteiger partial charge in [-0.25, -0.2) is 0 Å². The average Bonchev–Trinajstić information content (AvgIpc) is 3.41. The number of hydrogen-bond donors (Lipinski definition) is 0. The lowest BCUT2D eigenvalue weighted by atomic mass is 9.84. The summed E-state index contributed by atoms with van der Waals surface area (Å²) in [6.45, 7) is 7.05. The summed E-state index contributed by atoms with van der Waals surface area (Å²) >= 11 is 0. The minimum atomic E-state index is 0.141. The van der Waals surface area contributed by atoms with E-state index in [0.29, 0.717) is 31.6 Å². The number of ether oxygens (including phenoxy) is 3. The highest BCUT2D eigenvalue weighted by Crippen LogP contribution is 2.36. The predicted molar refractivity (Wildman–Crippen MR) is 147 cm³/mol. The first kappa shape index (κ1) is 25.4. The molecule has 3 aromatic heterocycles. The quantitative estimate of drug-likeness (QED) is 0.438. The molecule has 2 aliphatic heterocycles. The average molecular weight is 521 g/mol. The first-order valence-electron chi connectivity index (χ1n) is 14.3. The topological polar surface area (TPSA) is 77.8 Å². The second-order valence-electron chi connectivity index (χ2n) is 10.9. The van der Waals surface area contributed by atoms with Crippen LogP contribution in [0.25, 0.3) is 10.9 Å². The maximum absolute atomic E-state index is 6.65. The SMILES string of the molecule is Cn1cc(C2CCC(Oc3nc(N4CCOCC4)cc4ncc(OCCN5CCCCC5)cc34)CC2)cn1. The Balaban J connectivity index is 1.18. The highest BCUT2D eigenvalue weighted by Gasteiger charge is 2.26. The summed E-state index contributed by atoms with van der Waals surface area (Å²) in [5.74, 6) is 2.91. The molecule has 3 fully saturated rings. The van der Waals surface area contributed by atoms with Gasteiger partial charge in [-0.15, -0.1) is 0 Å². The Morgan fingerprint density at radius 2 is 1.79 bits per heavy atom. The van der Waals surface area contributed by atoms with Gasteiger partial charge >= 0.3 is 0 Å². The molecule has 6 rings (SSSR count). The van der Waals surface area contributed by atoms with Gasteiger partial charge < -0.3 is 19.1 Å². The molecule has 0 spiro atoms. The second-order valence-corrected chi connectivity index (χ2v) is 10.9. The molecule has 5 heterocycles. The zero-order valence-electron chi connectivity index (χ0n) is 22.6. The van der Waals surface area contributed by atoms with Gasteiger partial charge in [-0.05, 0) is 69.2 Å². The summed E-state index contributed by atoms with van der Waals surface area (Å²) in [4.78, 5) is 14.6. The number of rotatable bonds is 8. The van der Waals surface area contributed by atoms with Gasteiger partial charge in [-0.1, -0.05) is 6.42 Å². The number of morpholine rings is 1. The van der Waals surface area contributed by atoms with Crippen molar-refractivity contribution in [3.05, 3.63) is 36.3 Å². The molecule has 9 nitrogen and oxygen atoms in total. The Morgan fingerprint density at radius 1 is 0.974 bits per heavy atom. The maximum Gasteiger partial charge on any atom is 0.225 e. The van der Waals surface area contributed by atoms with E-state index in [9.17, 15) is 0 Å². The van der Waals surface area contributed by atoms with Crippen molar-refractivity contribution in [2.45, 2.75) is 57.0 Å². The van der Waals surface area contributed by atoms with E-state index in [-0.39, 0.29) is 6.10 Å². The van der Waals surface area contributed by atoms with Crippen LogP contribution in [-0.4, -0.2) is 83.3 Å². The van der Waals surface area contributed by atoms with Crippen LogP contribution < -0.4 is 14.4 Å². The van der Waals surface area contributed by atoms with E-state index in [2.05, 4.69) is 33.2 Å². The van der Waals surface area contributed by atoms with E-state index in [1.54, 1.807) is 0 Å². The van der Waals surface area contributed by atoms with E-state index in [1.165, 1.54) is 37.9 Å². The zero-order valence-corrected chi connectivity index (χ0v) is 22.6.